The number of anilines is 1. The predicted octanol–water partition coefficient (Wildman–Crippen LogP) is 5.07. The molecule has 0 spiro atoms. The zero-order chi connectivity index (χ0) is 29.4. The number of aryl methyl sites for hydroxylation is 1. The summed E-state index contributed by atoms with van der Waals surface area (Å²) in [6.45, 7) is 3.37. The van der Waals surface area contributed by atoms with Crippen molar-refractivity contribution in [1.29, 1.82) is 0 Å². The maximum absolute atomic E-state index is 14.1. The molecule has 0 saturated heterocycles. The molecule has 0 aromatic heterocycles. The average molecular weight is 578 g/mol. The number of methoxy groups -OCH3 is 1. The summed E-state index contributed by atoms with van der Waals surface area (Å²) in [5.74, 6) is -0.183. The lowest BCUT2D eigenvalue weighted by atomic mass is 9.95. The Morgan fingerprint density at radius 3 is 2.20 bits per heavy atom. The molecule has 1 fully saturated rings. The first-order chi connectivity index (χ1) is 19.7. The summed E-state index contributed by atoms with van der Waals surface area (Å²) in [7, 11) is -2.62. The van der Waals surface area contributed by atoms with Crippen LogP contribution in [0.2, 0.25) is 0 Å². The molecule has 1 saturated carbocycles. The van der Waals surface area contributed by atoms with E-state index in [1.54, 1.807) is 49.4 Å². The SMILES string of the molecule is COc1ccc(S(=O)(=O)N(CC(=O)N(Cc2ccccc2C)[C@@H](C)C(=O)NC2CCCCC2)c2ccccc2)cc1. The van der Waals surface area contributed by atoms with Crippen molar-refractivity contribution in [1.82, 2.24) is 10.2 Å². The van der Waals surface area contributed by atoms with Gasteiger partial charge in [-0.1, -0.05) is 61.7 Å². The summed E-state index contributed by atoms with van der Waals surface area (Å²) >= 11 is 0. The Labute approximate surface area is 243 Å². The molecule has 0 radical (unpaired) electrons. The molecular weight excluding hydrogens is 538 g/mol. The van der Waals surface area contributed by atoms with Crippen molar-refractivity contribution < 1.29 is 22.7 Å². The maximum Gasteiger partial charge on any atom is 0.264 e. The number of carbonyl (C=O) groups excluding carboxylic acids is 2. The Morgan fingerprint density at radius 2 is 1.56 bits per heavy atom. The molecule has 0 heterocycles. The van der Waals surface area contributed by atoms with Gasteiger partial charge in [0.2, 0.25) is 11.8 Å². The third-order valence-electron chi connectivity index (χ3n) is 7.69. The molecule has 4 rings (SSSR count). The molecule has 41 heavy (non-hydrogen) atoms. The summed E-state index contributed by atoms with van der Waals surface area (Å²) in [6.07, 6.45) is 5.15. The highest BCUT2D eigenvalue weighted by Gasteiger charge is 2.33. The van der Waals surface area contributed by atoms with Crippen molar-refractivity contribution in [2.75, 3.05) is 18.0 Å². The average Bonchev–Trinajstić information content (AvgIpc) is 3.00. The number of benzene rings is 3. The van der Waals surface area contributed by atoms with Crippen LogP contribution in [0.4, 0.5) is 5.69 Å². The predicted molar refractivity (Wildman–Crippen MR) is 160 cm³/mol. The van der Waals surface area contributed by atoms with Gasteiger partial charge in [-0.25, -0.2) is 8.42 Å². The van der Waals surface area contributed by atoms with Gasteiger partial charge in [-0.15, -0.1) is 0 Å². The summed E-state index contributed by atoms with van der Waals surface area (Å²) in [5.41, 5.74) is 2.23. The molecule has 0 aliphatic heterocycles. The van der Waals surface area contributed by atoms with Gasteiger partial charge in [0.1, 0.15) is 18.3 Å². The van der Waals surface area contributed by atoms with E-state index in [4.69, 9.17) is 4.74 Å². The van der Waals surface area contributed by atoms with Crippen LogP contribution in [-0.4, -0.2) is 50.9 Å². The molecule has 1 atom stereocenters. The first-order valence-electron chi connectivity index (χ1n) is 14.1. The number of nitrogens with zero attached hydrogens (tertiary/aromatic N) is 2. The van der Waals surface area contributed by atoms with Crippen molar-refractivity contribution in [3.8, 4) is 5.75 Å². The lowest BCUT2D eigenvalue weighted by Crippen LogP contribution is -2.53. The van der Waals surface area contributed by atoms with Crippen molar-refractivity contribution in [3.05, 3.63) is 90.0 Å². The molecule has 3 aromatic rings. The van der Waals surface area contributed by atoms with Gasteiger partial charge < -0.3 is 15.0 Å². The molecule has 1 aliphatic carbocycles. The zero-order valence-corrected chi connectivity index (χ0v) is 24.8. The first kappa shape index (κ1) is 30.1. The normalized spacial score (nSPS) is 14.6. The van der Waals surface area contributed by atoms with Crippen molar-refractivity contribution in [2.24, 2.45) is 0 Å². The molecular formula is C32H39N3O5S. The van der Waals surface area contributed by atoms with Crippen LogP contribution in [0.15, 0.2) is 83.8 Å². The Morgan fingerprint density at radius 1 is 0.927 bits per heavy atom. The van der Waals surface area contributed by atoms with Gasteiger partial charge in [-0.05, 0) is 74.2 Å². The quantitative estimate of drug-likeness (QED) is 0.344. The zero-order valence-electron chi connectivity index (χ0n) is 24.0. The molecule has 1 N–H and O–H groups in total. The first-order valence-corrected chi connectivity index (χ1v) is 15.5. The van der Waals surface area contributed by atoms with Gasteiger partial charge in [0.05, 0.1) is 17.7 Å². The second kappa shape index (κ2) is 13.7. The lowest BCUT2D eigenvalue weighted by molar-refractivity contribution is -0.139. The molecule has 1 aliphatic rings. The van der Waals surface area contributed by atoms with E-state index in [9.17, 15) is 18.0 Å². The summed E-state index contributed by atoms with van der Waals surface area (Å²) < 4.78 is 34.1. The number of rotatable bonds is 11. The Bertz CT molecular complexity index is 1420. The molecule has 0 unspecified atom stereocenters. The fourth-order valence-corrected chi connectivity index (χ4v) is 6.53. The Kier molecular flexibility index (Phi) is 10.0. The Balaban J connectivity index is 1.66. The van der Waals surface area contributed by atoms with Crippen LogP contribution in [0.1, 0.15) is 50.2 Å². The largest absolute Gasteiger partial charge is 0.497 e. The Hall–Kier alpha value is -3.85. The maximum atomic E-state index is 14.1. The number of hydrogen-bond acceptors (Lipinski definition) is 5. The highest BCUT2D eigenvalue weighted by Crippen LogP contribution is 2.26. The molecule has 2 amide bonds. The number of ether oxygens (including phenoxy) is 1. The van der Waals surface area contributed by atoms with Crippen LogP contribution in [0, 0.1) is 6.92 Å². The second-order valence-electron chi connectivity index (χ2n) is 10.5. The minimum atomic E-state index is -4.13. The third-order valence-corrected chi connectivity index (χ3v) is 9.48. The van der Waals surface area contributed by atoms with Crippen LogP contribution < -0.4 is 14.4 Å². The lowest BCUT2D eigenvalue weighted by Gasteiger charge is -2.33. The van der Waals surface area contributed by atoms with Crippen molar-refractivity contribution >= 4 is 27.5 Å². The van der Waals surface area contributed by atoms with E-state index in [1.165, 1.54) is 24.1 Å². The fourth-order valence-electron chi connectivity index (χ4n) is 5.12. The number of amides is 2. The second-order valence-corrected chi connectivity index (χ2v) is 12.4. The van der Waals surface area contributed by atoms with Gasteiger partial charge >= 0.3 is 0 Å². The van der Waals surface area contributed by atoms with Crippen LogP contribution in [-0.2, 0) is 26.2 Å². The molecule has 0 bridgehead atoms. The van der Waals surface area contributed by atoms with Gasteiger partial charge in [0, 0.05) is 12.6 Å². The summed E-state index contributed by atoms with van der Waals surface area (Å²) in [4.78, 5) is 29.0. The molecule has 3 aromatic carbocycles. The number of hydrogen-bond donors (Lipinski definition) is 1. The van der Waals surface area contributed by atoms with Gasteiger partial charge in [0.25, 0.3) is 10.0 Å². The van der Waals surface area contributed by atoms with Gasteiger partial charge in [0.15, 0.2) is 0 Å². The van der Waals surface area contributed by atoms with E-state index in [-0.39, 0.29) is 23.4 Å². The van der Waals surface area contributed by atoms with Crippen LogP contribution in [0.3, 0.4) is 0 Å². The van der Waals surface area contributed by atoms with E-state index >= 15 is 0 Å². The smallest absolute Gasteiger partial charge is 0.264 e. The highest BCUT2D eigenvalue weighted by atomic mass is 32.2. The van der Waals surface area contributed by atoms with Crippen LogP contribution in [0.25, 0.3) is 0 Å². The van der Waals surface area contributed by atoms with Crippen LogP contribution in [0.5, 0.6) is 5.75 Å². The standard InChI is InChI=1S/C32H39N3O5S/c1-24-12-10-11-13-26(24)22-34(25(2)32(37)33-27-14-6-4-7-15-27)31(36)23-35(28-16-8-5-9-17-28)41(38,39)30-20-18-29(40-3)19-21-30/h5,8-13,16-21,25,27H,4,6-7,14-15,22-23H2,1-3H3,(H,33,37)/t25-/m0/s1. The minimum Gasteiger partial charge on any atom is -0.497 e. The van der Waals surface area contributed by atoms with Crippen molar-refractivity contribution in [2.45, 2.75) is 69.5 Å². The molecule has 218 valence electrons. The monoisotopic (exact) mass is 577 g/mol. The number of carbonyl (C=O) groups is 2. The fraction of sp³-hybridized carbons (Fsp3) is 0.375. The number of para-hydroxylation sites is 1. The van der Waals surface area contributed by atoms with E-state index in [2.05, 4.69) is 5.32 Å². The molecule has 8 nitrogen and oxygen atoms in total. The van der Waals surface area contributed by atoms with E-state index in [1.807, 2.05) is 31.2 Å². The summed E-state index contributed by atoms with van der Waals surface area (Å²) in [5, 5.41) is 3.13. The van der Waals surface area contributed by atoms with Gasteiger partial charge in [-0.3, -0.25) is 13.9 Å². The van der Waals surface area contributed by atoms with E-state index in [0.717, 1.165) is 47.5 Å². The van der Waals surface area contributed by atoms with Crippen molar-refractivity contribution in [3.63, 3.8) is 0 Å². The topological polar surface area (TPSA) is 96.0 Å². The van der Waals surface area contributed by atoms with E-state index < -0.39 is 28.5 Å². The number of nitrogens with one attached hydrogen (secondary N) is 1. The third kappa shape index (κ3) is 7.47. The minimum absolute atomic E-state index is 0.0310. The highest BCUT2D eigenvalue weighted by molar-refractivity contribution is 7.92. The summed E-state index contributed by atoms with van der Waals surface area (Å²) in [6, 6.07) is 21.6. The molecule has 9 heteroatoms. The van der Waals surface area contributed by atoms with Crippen LogP contribution >= 0.6 is 0 Å². The van der Waals surface area contributed by atoms with Gasteiger partial charge in [-0.2, -0.15) is 0 Å². The van der Waals surface area contributed by atoms with E-state index in [0.29, 0.717) is 11.4 Å². The number of sulfonamides is 1.